The molecule has 3 nitrogen and oxygen atoms in total. The van der Waals surface area contributed by atoms with E-state index in [1.54, 1.807) is 10.9 Å². The highest BCUT2D eigenvalue weighted by Crippen LogP contribution is 2.22. The van der Waals surface area contributed by atoms with E-state index in [0.717, 1.165) is 0 Å². The summed E-state index contributed by atoms with van der Waals surface area (Å²) in [5.74, 6) is 0. The number of aryl methyl sites for hydroxylation is 1. The lowest BCUT2D eigenvalue weighted by atomic mass is 10.2. The van der Waals surface area contributed by atoms with Crippen LogP contribution in [0.1, 0.15) is 19.3 Å². The van der Waals surface area contributed by atoms with E-state index in [0.29, 0.717) is 18.7 Å². The predicted octanol–water partition coefficient (Wildman–Crippen LogP) is 2.20. The molecule has 6 heteroatoms. The van der Waals surface area contributed by atoms with Gasteiger partial charge in [0, 0.05) is 19.2 Å². The Hall–Kier alpha value is -1.20. The number of unbranched alkanes of at least 4 members (excludes halogenated alkanes) is 1. The average Bonchev–Trinajstić information content (AvgIpc) is 2.44. The largest absolute Gasteiger partial charge is 0.396 e. The van der Waals surface area contributed by atoms with Crippen LogP contribution in [-0.4, -0.2) is 16.0 Å². The fourth-order valence-corrected chi connectivity index (χ4v) is 1.10. The van der Waals surface area contributed by atoms with Crippen LogP contribution in [0.2, 0.25) is 0 Å². The second-order valence-electron chi connectivity index (χ2n) is 3.11. The summed E-state index contributed by atoms with van der Waals surface area (Å²) in [6.45, 7) is 0.479. The standard InChI is InChI=1S/C8H12F3N3/c9-8(10,11)3-1-2-4-14-6-7(12)5-13-14/h5-6H,1-4,12H2. The molecule has 1 rings (SSSR count). The Morgan fingerprint density at radius 2 is 2.07 bits per heavy atom. The van der Waals surface area contributed by atoms with Gasteiger partial charge in [0.1, 0.15) is 0 Å². The molecule has 1 aromatic heterocycles. The van der Waals surface area contributed by atoms with E-state index in [2.05, 4.69) is 5.10 Å². The summed E-state index contributed by atoms with van der Waals surface area (Å²) in [6, 6.07) is 0. The smallest absolute Gasteiger partial charge is 0.389 e. The first-order valence-corrected chi connectivity index (χ1v) is 4.32. The molecule has 0 fully saturated rings. The van der Waals surface area contributed by atoms with Gasteiger partial charge in [-0.2, -0.15) is 18.3 Å². The van der Waals surface area contributed by atoms with Gasteiger partial charge >= 0.3 is 6.18 Å². The van der Waals surface area contributed by atoms with Gasteiger partial charge in [-0.15, -0.1) is 0 Å². The van der Waals surface area contributed by atoms with Crippen molar-refractivity contribution in [1.82, 2.24) is 9.78 Å². The lowest BCUT2D eigenvalue weighted by molar-refractivity contribution is -0.135. The van der Waals surface area contributed by atoms with Crippen molar-refractivity contribution < 1.29 is 13.2 Å². The highest BCUT2D eigenvalue weighted by molar-refractivity contribution is 5.30. The molecule has 0 aliphatic rings. The number of aromatic nitrogens is 2. The van der Waals surface area contributed by atoms with Crippen molar-refractivity contribution in [3.63, 3.8) is 0 Å². The molecule has 0 unspecified atom stereocenters. The molecule has 0 bridgehead atoms. The summed E-state index contributed by atoms with van der Waals surface area (Å²) in [5, 5.41) is 3.86. The molecule has 0 aliphatic carbocycles. The fourth-order valence-electron chi connectivity index (χ4n) is 1.10. The predicted molar refractivity (Wildman–Crippen MR) is 46.5 cm³/mol. The molecule has 0 aromatic carbocycles. The lowest BCUT2D eigenvalue weighted by Crippen LogP contribution is -2.07. The van der Waals surface area contributed by atoms with Gasteiger partial charge in [0.2, 0.25) is 0 Å². The van der Waals surface area contributed by atoms with Crippen LogP contribution in [0.4, 0.5) is 18.9 Å². The summed E-state index contributed by atoms with van der Waals surface area (Å²) < 4.78 is 36.8. The number of anilines is 1. The van der Waals surface area contributed by atoms with Gasteiger partial charge in [0.05, 0.1) is 11.9 Å². The van der Waals surface area contributed by atoms with Crippen molar-refractivity contribution in [3.05, 3.63) is 12.4 Å². The fraction of sp³-hybridized carbons (Fsp3) is 0.625. The zero-order chi connectivity index (χ0) is 10.6. The van der Waals surface area contributed by atoms with E-state index in [9.17, 15) is 13.2 Å². The van der Waals surface area contributed by atoms with E-state index in [-0.39, 0.29) is 6.42 Å². The zero-order valence-electron chi connectivity index (χ0n) is 7.59. The molecule has 0 aliphatic heterocycles. The van der Waals surface area contributed by atoms with E-state index in [4.69, 9.17) is 5.73 Å². The van der Waals surface area contributed by atoms with Gasteiger partial charge in [0.15, 0.2) is 0 Å². The molecule has 0 saturated carbocycles. The molecular formula is C8H12F3N3. The Bertz CT molecular complexity index is 280. The molecule has 80 valence electrons. The molecule has 0 radical (unpaired) electrons. The van der Waals surface area contributed by atoms with Crippen molar-refractivity contribution in [2.75, 3.05) is 5.73 Å². The Balaban J connectivity index is 2.16. The summed E-state index contributed by atoms with van der Waals surface area (Å²) in [4.78, 5) is 0. The normalized spacial score (nSPS) is 11.9. The van der Waals surface area contributed by atoms with Gasteiger partial charge in [-0.1, -0.05) is 0 Å². The third-order valence-corrected chi connectivity index (χ3v) is 1.75. The van der Waals surface area contributed by atoms with Crippen molar-refractivity contribution in [3.8, 4) is 0 Å². The summed E-state index contributed by atoms with van der Waals surface area (Å²) in [7, 11) is 0. The average molecular weight is 207 g/mol. The highest BCUT2D eigenvalue weighted by atomic mass is 19.4. The zero-order valence-corrected chi connectivity index (χ0v) is 7.59. The number of nitrogens with two attached hydrogens (primary N) is 1. The van der Waals surface area contributed by atoms with Crippen LogP contribution >= 0.6 is 0 Å². The molecule has 1 heterocycles. The minimum absolute atomic E-state index is 0.128. The van der Waals surface area contributed by atoms with Crippen molar-refractivity contribution in [2.45, 2.75) is 32.0 Å². The van der Waals surface area contributed by atoms with Gasteiger partial charge in [-0.05, 0) is 12.8 Å². The van der Waals surface area contributed by atoms with Gasteiger partial charge < -0.3 is 5.73 Å². The maximum absolute atomic E-state index is 11.7. The number of nitrogens with zero attached hydrogens (tertiary/aromatic N) is 2. The molecule has 0 spiro atoms. The minimum atomic E-state index is -4.05. The molecule has 14 heavy (non-hydrogen) atoms. The SMILES string of the molecule is Nc1cnn(CCCCC(F)(F)F)c1. The second-order valence-corrected chi connectivity index (χ2v) is 3.11. The number of hydrogen-bond acceptors (Lipinski definition) is 2. The Labute approximate surface area is 79.7 Å². The molecular weight excluding hydrogens is 195 g/mol. The third-order valence-electron chi connectivity index (χ3n) is 1.75. The van der Waals surface area contributed by atoms with Crippen LogP contribution in [-0.2, 0) is 6.54 Å². The summed E-state index contributed by atoms with van der Waals surface area (Å²) >= 11 is 0. The minimum Gasteiger partial charge on any atom is -0.396 e. The van der Waals surface area contributed by atoms with Crippen LogP contribution in [0.15, 0.2) is 12.4 Å². The van der Waals surface area contributed by atoms with Crippen molar-refractivity contribution in [1.29, 1.82) is 0 Å². The first kappa shape index (κ1) is 10.9. The second kappa shape index (κ2) is 4.34. The Morgan fingerprint density at radius 1 is 1.36 bits per heavy atom. The summed E-state index contributed by atoms with van der Waals surface area (Å²) in [5.41, 5.74) is 5.92. The van der Waals surface area contributed by atoms with Crippen molar-refractivity contribution in [2.24, 2.45) is 0 Å². The molecule has 0 atom stereocenters. The molecule has 0 amide bonds. The first-order chi connectivity index (χ1) is 6.47. The number of halogens is 3. The maximum Gasteiger partial charge on any atom is 0.389 e. The van der Waals surface area contributed by atoms with E-state index in [1.807, 2.05) is 0 Å². The van der Waals surface area contributed by atoms with Gasteiger partial charge in [-0.3, -0.25) is 4.68 Å². The van der Waals surface area contributed by atoms with Crippen LogP contribution in [0.5, 0.6) is 0 Å². The summed E-state index contributed by atoms with van der Waals surface area (Å²) in [6.07, 6.45) is -1.12. The van der Waals surface area contributed by atoms with Crippen LogP contribution < -0.4 is 5.73 Å². The van der Waals surface area contributed by atoms with Gasteiger partial charge in [0.25, 0.3) is 0 Å². The number of nitrogen functional groups attached to an aromatic ring is 1. The van der Waals surface area contributed by atoms with Crippen molar-refractivity contribution >= 4 is 5.69 Å². The topological polar surface area (TPSA) is 43.8 Å². The van der Waals surface area contributed by atoms with E-state index in [1.165, 1.54) is 6.20 Å². The number of hydrogen-bond donors (Lipinski definition) is 1. The number of rotatable bonds is 4. The lowest BCUT2D eigenvalue weighted by Gasteiger charge is -2.05. The van der Waals surface area contributed by atoms with E-state index < -0.39 is 12.6 Å². The Morgan fingerprint density at radius 3 is 2.57 bits per heavy atom. The molecule has 1 aromatic rings. The van der Waals surface area contributed by atoms with Crippen LogP contribution in [0.25, 0.3) is 0 Å². The highest BCUT2D eigenvalue weighted by Gasteiger charge is 2.25. The van der Waals surface area contributed by atoms with E-state index >= 15 is 0 Å². The monoisotopic (exact) mass is 207 g/mol. The number of alkyl halides is 3. The van der Waals surface area contributed by atoms with Crippen LogP contribution in [0, 0.1) is 0 Å². The molecule has 2 N–H and O–H groups in total. The van der Waals surface area contributed by atoms with Gasteiger partial charge in [-0.25, -0.2) is 0 Å². The quantitative estimate of drug-likeness (QED) is 0.769. The first-order valence-electron chi connectivity index (χ1n) is 4.32. The maximum atomic E-state index is 11.7. The molecule has 0 saturated heterocycles. The Kier molecular flexibility index (Phi) is 3.38. The van der Waals surface area contributed by atoms with Crippen LogP contribution in [0.3, 0.4) is 0 Å². The third kappa shape index (κ3) is 4.15.